The topological polar surface area (TPSA) is 79.8 Å². The molecule has 3 N–H and O–H groups in total. The lowest BCUT2D eigenvalue weighted by molar-refractivity contribution is 0.0493. The molecule has 136 valence electrons. The highest BCUT2D eigenvalue weighted by Crippen LogP contribution is 2.17. The van der Waals surface area contributed by atoms with Crippen molar-refractivity contribution in [2.75, 3.05) is 20.3 Å². The van der Waals surface area contributed by atoms with Crippen molar-refractivity contribution in [3.05, 3.63) is 29.3 Å². The van der Waals surface area contributed by atoms with E-state index in [0.717, 1.165) is 11.1 Å². The number of ether oxygens (including phenoxy) is 2. The zero-order valence-electron chi connectivity index (χ0n) is 15.3. The molecule has 1 aromatic rings. The first-order chi connectivity index (χ1) is 11.2. The monoisotopic (exact) mass is 338 g/mol. The number of methoxy groups -OCH3 is 1. The third kappa shape index (κ3) is 8.17. The molecule has 1 amide bonds. The van der Waals surface area contributed by atoms with E-state index in [4.69, 9.17) is 9.47 Å². The minimum atomic E-state index is -0.531. The molecule has 0 radical (unpaired) electrons. The Bertz CT molecular complexity index is 526. The number of carbonyl (C=O) groups is 1. The molecule has 0 spiro atoms. The summed E-state index contributed by atoms with van der Waals surface area (Å²) in [6, 6.07) is 5.37. The zero-order valence-corrected chi connectivity index (χ0v) is 15.3. The van der Waals surface area contributed by atoms with E-state index in [1.165, 1.54) is 0 Å². The highest BCUT2D eigenvalue weighted by Gasteiger charge is 2.19. The highest BCUT2D eigenvalue weighted by atomic mass is 16.6. The fraction of sp³-hybridized carbons (Fsp3) is 0.611. The molecule has 0 aliphatic rings. The minimum Gasteiger partial charge on any atom is -0.508 e. The van der Waals surface area contributed by atoms with Crippen LogP contribution in [0.3, 0.4) is 0 Å². The number of carbonyl (C=O) groups excluding carboxylic acids is 1. The quantitative estimate of drug-likeness (QED) is 0.679. The largest absolute Gasteiger partial charge is 0.508 e. The first-order valence-corrected chi connectivity index (χ1v) is 8.19. The van der Waals surface area contributed by atoms with Gasteiger partial charge in [-0.1, -0.05) is 17.7 Å². The Kier molecular flexibility index (Phi) is 8.01. The van der Waals surface area contributed by atoms with Crippen LogP contribution in [0.15, 0.2) is 18.2 Å². The van der Waals surface area contributed by atoms with E-state index < -0.39 is 11.7 Å². The smallest absolute Gasteiger partial charge is 0.407 e. The van der Waals surface area contributed by atoms with Crippen molar-refractivity contribution in [3.8, 4) is 5.75 Å². The van der Waals surface area contributed by atoms with Crippen LogP contribution in [0.2, 0.25) is 0 Å². The predicted octanol–water partition coefficient (Wildman–Crippen LogP) is 2.72. The van der Waals surface area contributed by atoms with Crippen molar-refractivity contribution in [1.82, 2.24) is 10.6 Å². The summed E-state index contributed by atoms with van der Waals surface area (Å²) in [5, 5.41) is 16.0. The Morgan fingerprint density at radius 3 is 2.67 bits per heavy atom. The third-order valence-electron chi connectivity index (χ3n) is 3.33. The van der Waals surface area contributed by atoms with Crippen molar-refractivity contribution in [2.24, 2.45) is 0 Å². The molecule has 0 saturated carbocycles. The summed E-state index contributed by atoms with van der Waals surface area (Å²) in [5.74, 6) is 0.265. The van der Waals surface area contributed by atoms with Crippen LogP contribution in [-0.2, 0) is 16.0 Å². The minimum absolute atomic E-state index is 0.119. The van der Waals surface area contributed by atoms with Crippen LogP contribution in [-0.4, -0.2) is 43.1 Å². The molecule has 6 heteroatoms. The molecule has 1 unspecified atom stereocenters. The average Bonchev–Trinajstić information content (AvgIpc) is 2.46. The fourth-order valence-corrected chi connectivity index (χ4v) is 2.20. The number of benzene rings is 1. The summed E-state index contributed by atoms with van der Waals surface area (Å²) in [4.78, 5) is 11.9. The Hall–Kier alpha value is -1.79. The van der Waals surface area contributed by atoms with Gasteiger partial charge < -0.3 is 25.2 Å². The number of nitrogens with one attached hydrogen (secondary N) is 2. The number of hydrogen-bond donors (Lipinski definition) is 3. The van der Waals surface area contributed by atoms with Gasteiger partial charge in [-0.3, -0.25) is 0 Å². The lowest BCUT2D eigenvalue weighted by atomic mass is 10.1. The van der Waals surface area contributed by atoms with Crippen LogP contribution in [0.1, 0.15) is 38.3 Å². The van der Waals surface area contributed by atoms with Gasteiger partial charge in [-0.15, -0.1) is 0 Å². The molecule has 0 heterocycles. The van der Waals surface area contributed by atoms with Crippen LogP contribution in [0.25, 0.3) is 0 Å². The van der Waals surface area contributed by atoms with Crippen molar-refractivity contribution in [2.45, 2.75) is 52.3 Å². The van der Waals surface area contributed by atoms with Gasteiger partial charge in [0.1, 0.15) is 11.4 Å². The summed E-state index contributed by atoms with van der Waals surface area (Å²) < 4.78 is 10.4. The molecule has 0 aliphatic carbocycles. The Morgan fingerprint density at radius 2 is 2.04 bits per heavy atom. The number of amides is 1. The summed E-state index contributed by atoms with van der Waals surface area (Å²) >= 11 is 0. The second kappa shape index (κ2) is 9.49. The van der Waals surface area contributed by atoms with Crippen molar-refractivity contribution in [3.63, 3.8) is 0 Å². The zero-order chi connectivity index (χ0) is 18.2. The molecule has 0 bridgehead atoms. The average molecular weight is 338 g/mol. The van der Waals surface area contributed by atoms with Crippen molar-refractivity contribution < 1.29 is 19.4 Å². The molecule has 24 heavy (non-hydrogen) atoms. The van der Waals surface area contributed by atoms with Crippen molar-refractivity contribution in [1.29, 1.82) is 0 Å². The number of hydrogen-bond acceptors (Lipinski definition) is 5. The van der Waals surface area contributed by atoms with Crippen LogP contribution in [0.4, 0.5) is 4.79 Å². The van der Waals surface area contributed by atoms with Crippen LogP contribution >= 0.6 is 0 Å². The maximum Gasteiger partial charge on any atom is 0.407 e. The van der Waals surface area contributed by atoms with E-state index in [2.05, 4.69) is 10.6 Å². The van der Waals surface area contributed by atoms with Gasteiger partial charge in [0.25, 0.3) is 0 Å². The van der Waals surface area contributed by atoms with Gasteiger partial charge in [-0.2, -0.15) is 0 Å². The first-order valence-electron chi connectivity index (χ1n) is 8.19. The molecule has 0 aliphatic heterocycles. The van der Waals surface area contributed by atoms with Gasteiger partial charge in [0, 0.05) is 38.4 Å². The molecule has 1 aromatic carbocycles. The van der Waals surface area contributed by atoms with Gasteiger partial charge >= 0.3 is 6.09 Å². The van der Waals surface area contributed by atoms with E-state index in [1.807, 2.05) is 39.8 Å². The summed E-state index contributed by atoms with van der Waals surface area (Å²) in [6.45, 7) is 9.08. The van der Waals surface area contributed by atoms with E-state index >= 15 is 0 Å². The number of aryl methyl sites for hydroxylation is 1. The van der Waals surface area contributed by atoms with Gasteiger partial charge in [-0.25, -0.2) is 4.79 Å². The summed E-state index contributed by atoms with van der Waals surface area (Å²) in [7, 11) is 1.63. The van der Waals surface area contributed by atoms with Gasteiger partial charge in [0.15, 0.2) is 0 Å². The predicted molar refractivity (Wildman–Crippen MR) is 94.2 cm³/mol. The SMILES string of the molecule is COCCC(CNCc1cc(C)ccc1O)NC(=O)OC(C)(C)C. The molecule has 6 nitrogen and oxygen atoms in total. The van der Waals surface area contributed by atoms with Crippen LogP contribution < -0.4 is 10.6 Å². The Labute approximate surface area is 144 Å². The Morgan fingerprint density at radius 1 is 1.33 bits per heavy atom. The fourth-order valence-electron chi connectivity index (χ4n) is 2.20. The lowest BCUT2D eigenvalue weighted by Crippen LogP contribution is -2.44. The molecule has 0 aromatic heterocycles. The normalized spacial score (nSPS) is 12.7. The number of rotatable bonds is 8. The molecular weight excluding hydrogens is 308 g/mol. The number of aromatic hydroxyl groups is 1. The van der Waals surface area contributed by atoms with E-state index in [1.54, 1.807) is 13.2 Å². The van der Waals surface area contributed by atoms with Crippen LogP contribution in [0, 0.1) is 6.92 Å². The summed E-state index contributed by atoms with van der Waals surface area (Å²) in [6.07, 6.45) is 0.228. The third-order valence-corrected chi connectivity index (χ3v) is 3.33. The standard InChI is InChI=1S/C18H30N2O4/c1-13-6-7-16(21)14(10-13)11-19-12-15(8-9-23-5)20-17(22)24-18(2,3)4/h6-7,10,15,19,21H,8-9,11-12H2,1-5H3,(H,20,22). The van der Waals surface area contributed by atoms with E-state index in [-0.39, 0.29) is 11.8 Å². The second-order valence-electron chi connectivity index (χ2n) is 6.89. The van der Waals surface area contributed by atoms with E-state index in [9.17, 15) is 9.90 Å². The number of alkyl carbamates (subject to hydrolysis) is 1. The van der Waals surface area contributed by atoms with E-state index in [0.29, 0.717) is 26.1 Å². The molecular formula is C18H30N2O4. The maximum atomic E-state index is 11.9. The molecule has 0 saturated heterocycles. The number of phenolic OH excluding ortho intramolecular Hbond substituents is 1. The number of phenols is 1. The molecule has 0 fully saturated rings. The van der Waals surface area contributed by atoms with Gasteiger partial charge in [0.2, 0.25) is 0 Å². The first kappa shape index (κ1) is 20.3. The molecule has 1 rings (SSSR count). The van der Waals surface area contributed by atoms with Gasteiger partial charge in [0.05, 0.1) is 0 Å². The van der Waals surface area contributed by atoms with Crippen LogP contribution in [0.5, 0.6) is 5.75 Å². The van der Waals surface area contributed by atoms with Gasteiger partial charge in [-0.05, 0) is 40.2 Å². The Balaban J connectivity index is 2.53. The summed E-state index contributed by atoms with van der Waals surface area (Å²) in [5.41, 5.74) is 1.39. The lowest BCUT2D eigenvalue weighted by Gasteiger charge is -2.24. The maximum absolute atomic E-state index is 11.9. The highest BCUT2D eigenvalue weighted by molar-refractivity contribution is 5.68. The second-order valence-corrected chi connectivity index (χ2v) is 6.89. The van der Waals surface area contributed by atoms with Crippen molar-refractivity contribution >= 4 is 6.09 Å². The molecule has 1 atom stereocenters.